The van der Waals surface area contributed by atoms with E-state index in [1.165, 1.54) is 12.8 Å². The van der Waals surface area contributed by atoms with Crippen LogP contribution in [0.2, 0.25) is 0 Å². The molecule has 104 valence electrons. The Bertz CT molecular complexity index is 467. The van der Waals surface area contributed by atoms with Gasteiger partial charge in [0, 0.05) is 12.6 Å². The fourth-order valence-electron chi connectivity index (χ4n) is 2.23. The van der Waals surface area contributed by atoms with Gasteiger partial charge in [-0.25, -0.2) is 4.79 Å². The quantitative estimate of drug-likeness (QED) is 0.773. The van der Waals surface area contributed by atoms with E-state index in [2.05, 4.69) is 18.7 Å². The van der Waals surface area contributed by atoms with Gasteiger partial charge in [0.05, 0.1) is 16.9 Å². The molecule has 2 rings (SSSR count). The molecule has 0 saturated heterocycles. The molecule has 0 heterocycles. The Morgan fingerprint density at radius 1 is 1.47 bits per heavy atom. The number of hydrogen-bond acceptors (Lipinski definition) is 3. The molecule has 0 spiro atoms. The summed E-state index contributed by atoms with van der Waals surface area (Å²) in [5, 5.41) is 8.97. The van der Waals surface area contributed by atoms with Gasteiger partial charge in [-0.1, -0.05) is 13.8 Å². The number of carboxylic acids is 1. The normalized spacial score (nSPS) is 14.7. The van der Waals surface area contributed by atoms with Crippen LogP contribution >= 0.6 is 0 Å². The Hall–Kier alpha value is -1.71. The molecular formula is C15H22N2O2. The van der Waals surface area contributed by atoms with Crippen LogP contribution < -0.4 is 10.6 Å². The summed E-state index contributed by atoms with van der Waals surface area (Å²) in [7, 11) is 0. The Kier molecular flexibility index (Phi) is 3.98. The highest BCUT2D eigenvalue weighted by Crippen LogP contribution is 2.35. The van der Waals surface area contributed by atoms with E-state index >= 15 is 0 Å². The molecule has 1 saturated carbocycles. The molecule has 0 radical (unpaired) electrons. The van der Waals surface area contributed by atoms with Crippen LogP contribution in [0.5, 0.6) is 0 Å². The molecular weight excluding hydrogens is 240 g/mol. The van der Waals surface area contributed by atoms with Gasteiger partial charge in [-0.05, 0) is 43.4 Å². The average Bonchev–Trinajstić information content (AvgIpc) is 3.14. The first-order chi connectivity index (χ1) is 8.99. The van der Waals surface area contributed by atoms with E-state index in [4.69, 9.17) is 10.8 Å². The maximum absolute atomic E-state index is 10.9. The van der Waals surface area contributed by atoms with E-state index < -0.39 is 5.97 Å². The molecule has 1 aliphatic carbocycles. The lowest BCUT2D eigenvalue weighted by molar-refractivity contribution is 0.0697. The predicted octanol–water partition coefficient (Wildman–Crippen LogP) is 2.98. The van der Waals surface area contributed by atoms with Gasteiger partial charge in [0.15, 0.2) is 0 Å². The molecule has 0 aromatic heterocycles. The van der Waals surface area contributed by atoms with Crippen molar-refractivity contribution >= 4 is 17.3 Å². The van der Waals surface area contributed by atoms with Crippen LogP contribution in [0.4, 0.5) is 11.4 Å². The van der Waals surface area contributed by atoms with Crippen LogP contribution in [0.15, 0.2) is 18.2 Å². The van der Waals surface area contributed by atoms with Crippen molar-refractivity contribution in [2.45, 2.75) is 39.2 Å². The van der Waals surface area contributed by atoms with Gasteiger partial charge in [0.1, 0.15) is 0 Å². The minimum Gasteiger partial charge on any atom is -0.478 e. The highest BCUT2D eigenvalue weighted by atomic mass is 16.4. The Labute approximate surface area is 114 Å². The third-order valence-electron chi connectivity index (χ3n) is 3.52. The molecule has 0 bridgehead atoms. The first kappa shape index (κ1) is 13.7. The largest absolute Gasteiger partial charge is 0.478 e. The second kappa shape index (κ2) is 5.51. The number of benzene rings is 1. The summed E-state index contributed by atoms with van der Waals surface area (Å²) >= 11 is 0. The minimum absolute atomic E-state index is 0.251. The fourth-order valence-corrected chi connectivity index (χ4v) is 2.23. The molecule has 4 heteroatoms. The van der Waals surface area contributed by atoms with E-state index in [9.17, 15) is 4.79 Å². The summed E-state index contributed by atoms with van der Waals surface area (Å²) in [6, 6.07) is 5.62. The van der Waals surface area contributed by atoms with Gasteiger partial charge in [0.25, 0.3) is 0 Å². The van der Waals surface area contributed by atoms with Crippen LogP contribution in [0.1, 0.15) is 43.5 Å². The molecule has 1 aromatic carbocycles. The smallest absolute Gasteiger partial charge is 0.335 e. The van der Waals surface area contributed by atoms with Gasteiger partial charge < -0.3 is 15.7 Å². The monoisotopic (exact) mass is 262 g/mol. The van der Waals surface area contributed by atoms with Crippen LogP contribution in [0.3, 0.4) is 0 Å². The Balaban J connectivity index is 2.19. The van der Waals surface area contributed by atoms with Crippen molar-refractivity contribution in [3.63, 3.8) is 0 Å². The summed E-state index contributed by atoms with van der Waals surface area (Å²) in [5.41, 5.74) is 7.82. The van der Waals surface area contributed by atoms with Crippen molar-refractivity contribution in [2.24, 2.45) is 5.92 Å². The number of nitrogens with zero attached hydrogens (tertiary/aromatic N) is 1. The topological polar surface area (TPSA) is 66.6 Å². The predicted molar refractivity (Wildman–Crippen MR) is 77.6 cm³/mol. The number of aromatic carboxylic acids is 1. The lowest BCUT2D eigenvalue weighted by Gasteiger charge is -2.27. The SMILES string of the molecule is CC(C)CCN(c1ccc(C(=O)O)cc1N)C1CC1. The highest BCUT2D eigenvalue weighted by Gasteiger charge is 2.30. The zero-order chi connectivity index (χ0) is 14.0. The van der Waals surface area contributed by atoms with Crippen molar-refractivity contribution in [3.8, 4) is 0 Å². The molecule has 0 aliphatic heterocycles. The standard InChI is InChI=1S/C15H22N2O2/c1-10(2)7-8-17(12-4-5-12)14-6-3-11(15(18)19)9-13(14)16/h3,6,9-10,12H,4-5,7-8,16H2,1-2H3,(H,18,19). The summed E-state index contributed by atoms with van der Waals surface area (Å²) in [6.07, 6.45) is 3.53. The van der Waals surface area contributed by atoms with Crippen molar-refractivity contribution in [3.05, 3.63) is 23.8 Å². The molecule has 4 nitrogen and oxygen atoms in total. The summed E-state index contributed by atoms with van der Waals surface area (Å²) in [6.45, 7) is 5.41. The molecule has 1 aliphatic rings. The van der Waals surface area contributed by atoms with Crippen molar-refractivity contribution in [2.75, 3.05) is 17.2 Å². The van der Waals surface area contributed by atoms with Crippen LogP contribution in [-0.4, -0.2) is 23.7 Å². The van der Waals surface area contributed by atoms with Gasteiger partial charge >= 0.3 is 5.97 Å². The van der Waals surface area contributed by atoms with Gasteiger partial charge in [-0.15, -0.1) is 0 Å². The third-order valence-corrected chi connectivity index (χ3v) is 3.52. The second-order valence-corrected chi connectivity index (χ2v) is 5.69. The van der Waals surface area contributed by atoms with E-state index in [1.54, 1.807) is 12.1 Å². The first-order valence-electron chi connectivity index (χ1n) is 6.88. The molecule has 0 atom stereocenters. The number of rotatable bonds is 6. The number of nitrogens with two attached hydrogens (primary N) is 1. The number of carbonyl (C=O) groups is 1. The van der Waals surface area contributed by atoms with E-state index in [-0.39, 0.29) is 5.56 Å². The molecule has 19 heavy (non-hydrogen) atoms. The lowest BCUT2D eigenvalue weighted by Crippen LogP contribution is -2.28. The zero-order valence-corrected chi connectivity index (χ0v) is 11.6. The number of anilines is 2. The maximum atomic E-state index is 10.9. The van der Waals surface area contributed by atoms with Crippen molar-refractivity contribution in [1.82, 2.24) is 0 Å². The molecule has 3 N–H and O–H groups in total. The highest BCUT2D eigenvalue weighted by molar-refractivity contribution is 5.90. The third kappa shape index (κ3) is 3.40. The van der Waals surface area contributed by atoms with Crippen LogP contribution in [-0.2, 0) is 0 Å². The van der Waals surface area contributed by atoms with E-state index in [0.717, 1.165) is 18.7 Å². The molecule has 1 fully saturated rings. The molecule has 0 unspecified atom stereocenters. The summed E-state index contributed by atoms with van der Waals surface area (Å²) in [5.74, 6) is -0.279. The van der Waals surface area contributed by atoms with Crippen LogP contribution in [0, 0.1) is 5.92 Å². The van der Waals surface area contributed by atoms with Gasteiger partial charge in [-0.3, -0.25) is 0 Å². The Morgan fingerprint density at radius 3 is 2.63 bits per heavy atom. The maximum Gasteiger partial charge on any atom is 0.335 e. The van der Waals surface area contributed by atoms with E-state index in [1.807, 2.05) is 6.07 Å². The van der Waals surface area contributed by atoms with Gasteiger partial charge in [-0.2, -0.15) is 0 Å². The zero-order valence-electron chi connectivity index (χ0n) is 11.6. The summed E-state index contributed by atoms with van der Waals surface area (Å²) in [4.78, 5) is 13.3. The number of hydrogen-bond donors (Lipinski definition) is 2. The van der Waals surface area contributed by atoms with Crippen molar-refractivity contribution in [1.29, 1.82) is 0 Å². The molecule has 0 amide bonds. The van der Waals surface area contributed by atoms with Crippen LogP contribution in [0.25, 0.3) is 0 Å². The average molecular weight is 262 g/mol. The number of carboxylic acid groups (broad SMARTS) is 1. The minimum atomic E-state index is -0.932. The summed E-state index contributed by atoms with van der Waals surface area (Å²) < 4.78 is 0. The first-order valence-corrected chi connectivity index (χ1v) is 6.88. The lowest BCUT2D eigenvalue weighted by atomic mass is 10.1. The number of nitrogen functional groups attached to an aromatic ring is 1. The molecule has 1 aromatic rings. The van der Waals surface area contributed by atoms with E-state index in [0.29, 0.717) is 17.6 Å². The van der Waals surface area contributed by atoms with Crippen molar-refractivity contribution < 1.29 is 9.90 Å². The Morgan fingerprint density at radius 2 is 2.16 bits per heavy atom. The fraction of sp³-hybridized carbons (Fsp3) is 0.533. The van der Waals surface area contributed by atoms with Gasteiger partial charge in [0.2, 0.25) is 0 Å². The second-order valence-electron chi connectivity index (χ2n) is 5.69.